The molecule has 25 heavy (non-hydrogen) atoms. The quantitative estimate of drug-likeness (QED) is 0.421. The Morgan fingerprint density at radius 1 is 0.560 bits per heavy atom. The Morgan fingerprint density at radius 2 is 1.20 bits per heavy atom. The van der Waals surface area contributed by atoms with E-state index in [0.717, 1.165) is 16.6 Å². The molecule has 0 atom stereocenters. The van der Waals surface area contributed by atoms with Crippen LogP contribution in [0.5, 0.6) is 0 Å². The molecular formula is C23H16N2. The van der Waals surface area contributed by atoms with E-state index < -0.39 is 0 Å². The first-order valence-electron chi connectivity index (χ1n) is 8.41. The van der Waals surface area contributed by atoms with Crippen LogP contribution in [0, 0.1) is 0 Å². The molecule has 0 aliphatic rings. The summed E-state index contributed by atoms with van der Waals surface area (Å²) in [5.74, 6) is 0. The molecular weight excluding hydrogens is 304 g/mol. The van der Waals surface area contributed by atoms with Gasteiger partial charge in [-0.25, -0.2) is 4.98 Å². The van der Waals surface area contributed by atoms with Gasteiger partial charge in [0.15, 0.2) is 0 Å². The van der Waals surface area contributed by atoms with Gasteiger partial charge in [-0.3, -0.25) is 0 Å². The highest BCUT2D eigenvalue weighted by atomic mass is 14.9. The van der Waals surface area contributed by atoms with Gasteiger partial charge in [-0.1, -0.05) is 78.9 Å². The fourth-order valence-corrected chi connectivity index (χ4v) is 3.60. The minimum Gasteiger partial charge on any atom is -0.345 e. The van der Waals surface area contributed by atoms with Gasteiger partial charge in [-0.05, 0) is 33.5 Å². The van der Waals surface area contributed by atoms with Crippen LogP contribution in [0.25, 0.3) is 44.1 Å². The van der Waals surface area contributed by atoms with Crippen molar-refractivity contribution in [2.75, 3.05) is 0 Å². The maximum absolute atomic E-state index is 4.54. The molecule has 1 N–H and O–H groups in total. The number of nitrogens with one attached hydrogen (secondary N) is 1. The Bertz CT molecular complexity index is 1200. The smallest absolute Gasteiger partial charge is 0.0961 e. The van der Waals surface area contributed by atoms with Gasteiger partial charge in [0.2, 0.25) is 0 Å². The first-order chi connectivity index (χ1) is 12.4. The van der Waals surface area contributed by atoms with Gasteiger partial charge < -0.3 is 4.98 Å². The average molecular weight is 320 g/mol. The molecule has 0 spiro atoms. The molecule has 0 saturated carbocycles. The molecule has 0 saturated heterocycles. The topological polar surface area (TPSA) is 28.7 Å². The Morgan fingerprint density at radius 3 is 2.12 bits per heavy atom. The molecule has 1 heterocycles. The fraction of sp³-hybridized carbons (Fsp3) is 0. The second-order valence-corrected chi connectivity index (χ2v) is 6.18. The highest BCUT2D eigenvalue weighted by molar-refractivity contribution is 6.03. The van der Waals surface area contributed by atoms with Crippen LogP contribution in [0.15, 0.2) is 91.3 Å². The van der Waals surface area contributed by atoms with Crippen LogP contribution in [-0.2, 0) is 0 Å². The maximum atomic E-state index is 4.54. The van der Waals surface area contributed by atoms with Gasteiger partial charge in [0.25, 0.3) is 0 Å². The predicted octanol–water partition coefficient (Wildman–Crippen LogP) is 6.05. The lowest BCUT2D eigenvalue weighted by atomic mass is 9.91. The zero-order chi connectivity index (χ0) is 16.6. The Hall–Kier alpha value is -3.39. The molecule has 0 unspecified atom stereocenters. The van der Waals surface area contributed by atoms with Gasteiger partial charge in [0.05, 0.1) is 17.4 Å². The summed E-state index contributed by atoms with van der Waals surface area (Å²) in [6, 6.07) is 29.9. The largest absolute Gasteiger partial charge is 0.345 e. The van der Waals surface area contributed by atoms with Crippen molar-refractivity contribution in [3.05, 3.63) is 91.3 Å². The molecule has 0 amide bonds. The summed E-state index contributed by atoms with van der Waals surface area (Å²) >= 11 is 0. The summed E-state index contributed by atoms with van der Waals surface area (Å²) in [4.78, 5) is 7.74. The number of H-pyrrole nitrogens is 1. The van der Waals surface area contributed by atoms with E-state index in [1.165, 1.54) is 27.5 Å². The van der Waals surface area contributed by atoms with Crippen LogP contribution in [0.3, 0.4) is 0 Å². The van der Waals surface area contributed by atoms with Crippen LogP contribution in [0.1, 0.15) is 0 Å². The van der Waals surface area contributed by atoms with Crippen molar-refractivity contribution in [3.63, 3.8) is 0 Å². The molecule has 0 bridgehead atoms. The molecule has 1 aromatic heterocycles. The lowest BCUT2D eigenvalue weighted by Gasteiger charge is -2.13. The van der Waals surface area contributed by atoms with Crippen molar-refractivity contribution < 1.29 is 0 Å². The third-order valence-electron chi connectivity index (χ3n) is 4.75. The van der Waals surface area contributed by atoms with E-state index in [-0.39, 0.29) is 0 Å². The van der Waals surface area contributed by atoms with E-state index in [1.807, 2.05) is 0 Å². The van der Waals surface area contributed by atoms with Crippen LogP contribution >= 0.6 is 0 Å². The number of nitrogens with zero attached hydrogens (tertiary/aromatic N) is 1. The molecule has 0 fully saturated rings. The highest BCUT2D eigenvalue weighted by Crippen LogP contribution is 2.37. The fourth-order valence-electron chi connectivity index (χ4n) is 3.60. The Labute approximate surface area is 145 Å². The molecule has 5 rings (SSSR count). The van der Waals surface area contributed by atoms with Gasteiger partial charge >= 0.3 is 0 Å². The van der Waals surface area contributed by atoms with E-state index in [4.69, 9.17) is 0 Å². The standard InChI is InChI=1S/C23H16N2/c1-2-9-17-16(7-1)8-5-12-18(17)19-10-3-4-11-20(19)21-13-6-14-22-23(21)25-15-24-22/h1-15H,(H,24,25). The number of hydrogen-bond acceptors (Lipinski definition) is 1. The summed E-state index contributed by atoms with van der Waals surface area (Å²) in [5.41, 5.74) is 6.91. The molecule has 0 aliphatic heterocycles. The van der Waals surface area contributed by atoms with Gasteiger partial charge in [-0.2, -0.15) is 0 Å². The van der Waals surface area contributed by atoms with Crippen LogP contribution in [0.4, 0.5) is 0 Å². The summed E-state index contributed by atoms with van der Waals surface area (Å²) in [5, 5.41) is 2.53. The number of rotatable bonds is 2. The number of fused-ring (bicyclic) bond motifs is 2. The SMILES string of the molecule is c1ccc(-c2cccc3[nH]cnc23)c(-c2cccc3ccccc23)c1. The molecule has 0 radical (unpaired) electrons. The summed E-state index contributed by atoms with van der Waals surface area (Å²) in [7, 11) is 0. The van der Waals surface area contributed by atoms with E-state index in [9.17, 15) is 0 Å². The summed E-state index contributed by atoms with van der Waals surface area (Å²) < 4.78 is 0. The minimum atomic E-state index is 1.01. The van der Waals surface area contributed by atoms with Gasteiger partial charge in [0, 0.05) is 5.56 Å². The second-order valence-electron chi connectivity index (χ2n) is 6.18. The van der Waals surface area contributed by atoms with Crippen molar-refractivity contribution in [1.29, 1.82) is 0 Å². The lowest BCUT2D eigenvalue weighted by molar-refractivity contribution is 1.34. The third kappa shape index (κ3) is 2.23. The molecule has 2 nitrogen and oxygen atoms in total. The van der Waals surface area contributed by atoms with Crippen LogP contribution in [0.2, 0.25) is 0 Å². The number of hydrogen-bond donors (Lipinski definition) is 1. The summed E-state index contributed by atoms with van der Waals surface area (Å²) in [6.45, 7) is 0. The number of imidazole rings is 1. The Kier molecular flexibility index (Phi) is 3.14. The Balaban J connectivity index is 1.84. The number of para-hydroxylation sites is 1. The molecule has 0 aliphatic carbocycles. The normalized spacial score (nSPS) is 11.2. The van der Waals surface area contributed by atoms with Crippen molar-refractivity contribution in [2.45, 2.75) is 0 Å². The van der Waals surface area contributed by atoms with E-state index in [0.29, 0.717) is 0 Å². The summed E-state index contributed by atoms with van der Waals surface area (Å²) in [6.07, 6.45) is 1.76. The third-order valence-corrected chi connectivity index (χ3v) is 4.75. The highest BCUT2D eigenvalue weighted by Gasteiger charge is 2.12. The zero-order valence-electron chi connectivity index (χ0n) is 13.6. The monoisotopic (exact) mass is 320 g/mol. The number of benzene rings is 4. The average Bonchev–Trinajstić information content (AvgIpc) is 3.16. The second kappa shape index (κ2) is 5.60. The van der Waals surface area contributed by atoms with Crippen LogP contribution < -0.4 is 0 Å². The zero-order valence-corrected chi connectivity index (χ0v) is 13.6. The van der Waals surface area contributed by atoms with E-state index >= 15 is 0 Å². The van der Waals surface area contributed by atoms with E-state index in [1.54, 1.807) is 6.33 Å². The van der Waals surface area contributed by atoms with Gasteiger partial charge in [0.1, 0.15) is 0 Å². The first kappa shape index (κ1) is 14.0. The first-order valence-corrected chi connectivity index (χ1v) is 8.41. The minimum absolute atomic E-state index is 1.01. The lowest BCUT2D eigenvalue weighted by Crippen LogP contribution is -1.88. The van der Waals surface area contributed by atoms with Crippen molar-refractivity contribution in [3.8, 4) is 22.3 Å². The molecule has 4 aromatic carbocycles. The number of aromatic nitrogens is 2. The van der Waals surface area contributed by atoms with Crippen molar-refractivity contribution >= 4 is 21.8 Å². The van der Waals surface area contributed by atoms with Crippen molar-refractivity contribution in [2.24, 2.45) is 0 Å². The number of aromatic amines is 1. The maximum Gasteiger partial charge on any atom is 0.0961 e. The molecule has 118 valence electrons. The van der Waals surface area contributed by atoms with Gasteiger partial charge in [-0.15, -0.1) is 0 Å². The van der Waals surface area contributed by atoms with Crippen LogP contribution in [-0.4, -0.2) is 9.97 Å². The predicted molar refractivity (Wildman–Crippen MR) is 104 cm³/mol. The van der Waals surface area contributed by atoms with Crippen molar-refractivity contribution in [1.82, 2.24) is 9.97 Å². The van der Waals surface area contributed by atoms with E-state index in [2.05, 4.69) is 94.9 Å². The molecule has 5 aromatic rings. The molecule has 2 heteroatoms.